The van der Waals surface area contributed by atoms with E-state index in [2.05, 4.69) is 22.0 Å². The molecule has 1 aliphatic heterocycles. The van der Waals surface area contributed by atoms with Gasteiger partial charge in [0.05, 0.1) is 12.1 Å². The highest BCUT2D eigenvalue weighted by atomic mass is 16.2. The van der Waals surface area contributed by atoms with Gasteiger partial charge in [0.1, 0.15) is 6.04 Å². The fourth-order valence-electron chi connectivity index (χ4n) is 1.73. The quantitative estimate of drug-likeness (QED) is 0.552. The normalized spacial score (nSPS) is 22.3. The van der Waals surface area contributed by atoms with Crippen molar-refractivity contribution in [2.75, 3.05) is 26.7 Å². The fraction of sp³-hybridized carbons (Fsp3) is 0.700. The number of carbonyl (C=O) groups is 2. The molecule has 0 saturated carbocycles. The van der Waals surface area contributed by atoms with Crippen molar-refractivity contribution < 1.29 is 9.59 Å². The lowest BCUT2D eigenvalue weighted by atomic mass is 10.1. The summed E-state index contributed by atoms with van der Waals surface area (Å²) in [4.78, 5) is 24.5. The highest BCUT2D eigenvalue weighted by molar-refractivity contribution is 5.96. The average molecular weight is 239 g/mol. The number of amides is 3. The minimum atomic E-state index is -0.537. The minimum Gasteiger partial charge on any atom is -0.341 e. The van der Waals surface area contributed by atoms with Gasteiger partial charge in [-0.1, -0.05) is 0 Å². The summed E-state index contributed by atoms with van der Waals surface area (Å²) in [6, 6.07) is 0.764. The van der Waals surface area contributed by atoms with E-state index >= 15 is 0 Å². The maximum absolute atomic E-state index is 11.7. The second kappa shape index (κ2) is 6.18. The fourth-order valence-corrected chi connectivity index (χ4v) is 1.73. The number of nitriles is 1. The van der Waals surface area contributed by atoms with Crippen molar-refractivity contribution in [2.45, 2.75) is 19.0 Å². The van der Waals surface area contributed by atoms with E-state index in [1.54, 1.807) is 11.8 Å². The van der Waals surface area contributed by atoms with Crippen LogP contribution < -0.4 is 16.0 Å². The lowest BCUT2D eigenvalue weighted by Crippen LogP contribution is -2.58. The van der Waals surface area contributed by atoms with E-state index in [1.165, 1.54) is 7.05 Å². The first-order chi connectivity index (χ1) is 8.10. The van der Waals surface area contributed by atoms with Crippen LogP contribution >= 0.6 is 0 Å². The Morgan fingerprint density at radius 1 is 1.59 bits per heavy atom. The summed E-state index contributed by atoms with van der Waals surface area (Å²) >= 11 is 0. The standard InChI is InChI=1S/C10H17N5O2/c1-7(9(16)14-10(17)12-2)15-4-3-13-6-8(15)5-11/h7-8,13H,3-4,6H2,1-2H3,(H2,12,14,16,17). The van der Waals surface area contributed by atoms with Gasteiger partial charge >= 0.3 is 6.03 Å². The molecule has 3 N–H and O–H groups in total. The molecular formula is C10H17N5O2. The summed E-state index contributed by atoms with van der Waals surface area (Å²) in [6.45, 7) is 3.57. The summed E-state index contributed by atoms with van der Waals surface area (Å²) in [7, 11) is 1.44. The van der Waals surface area contributed by atoms with E-state index in [0.717, 1.165) is 6.54 Å². The number of nitrogens with zero attached hydrogens (tertiary/aromatic N) is 2. The predicted octanol–water partition coefficient (Wildman–Crippen LogP) is -1.37. The van der Waals surface area contributed by atoms with E-state index < -0.39 is 18.0 Å². The maximum atomic E-state index is 11.7. The molecule has 1 aliphatic rings. The van der Waals surface area contributed by atoms with E-state index in [9.17, 15) is 9.59 Å². The molecule has 2 unspecified atom stereocenters. The van der Waals surface area contributed by atoms with E-state index in [-0.39, 0.29) is 6.04 Å². The van der Waals surface area contributed by atoms with Crippen molar-refractivity contribution in [1.29, 1.82) is 5.26 Å². The van der Waals surface area contributed by atoms with Gasteiger partial charge in [-0.05, 0) is 6.92 Å². The molecule has 1 saturated heterocycles. The van der Waals surface area contributed by atoms with Crippen LogP contribution in [0.15, 0.2) is 0 Å². The molecule has 0 aliphatic carbocycles. The lowest BCUT2D eigenvalue weighted by Gasteiger charge is -2.35. The third kappa shape index (κ3) is 3.41. The first-order valence-electron chi connectivity index (χ1n) is 5.48. The Kier molecular flexibility index (Phi) is 4.87. The van der Waals surface area contributed by atoms with Gasteiger partial charge in [-0.25, -0.2) is 4.79 Å². The Morgan fingerprint density at radius 3 is 2.88 bits per heavy atom. The van der Waals surface area contributed by atoms with E-state index in [4.69, 9.17) is 5.26 Å². The van der Waals surface area contributed by atoms with Gasteiger partial charge in [0.2, 0.25) is 5.91 Å². The van der Waals surface area contributed by atoms with Crippen LogP contribution in [-0.2, 0) is 4.79 Å². The van der Waals surface area contributed by atoms with Crippen LogP contribution in [-0.4, -0.2) is 55.6 Å². The van der Waals surface area contributed by atoms with Gasteiger partial charge in [0, 0.05) is 26.7 Å². The molecular weight excluding hydrogens is 222 g/mol. The second-order valence-electron chi connectivity index (χ2n) is 3.83. The number of hydrogen-bond donors (Lipinski definition) is 3. The zero-order valence-corrected chi connectivity index (χ0v) is 9.99. The van der Waals surface area contributed by atoms with Crippen molar-refractivity contribution in [1.82, 2.24) is 20.9 Å². The van der Waals surface area contributed by atoms with Crippen LogP contribution in [0, 0.1) is 11.3 Å². The molecule has 0 bridgehead atoms. The number of nitrogens with one attached hydrogen (secondary N) is 3. The molecule has 1 fully saturated rings. The van der Waals surface area contributed by atoms with Crippen molar-refractivity contribution in [3.05, 3.63) is 0 Å². The molecule has 1 rings (SSSR count). The van der Waals surface area contributed by atoms with Gasteiger partial charge in [0.15, 0.2) is 0 Å². The molecule has 0 radical (unpaired) electrons. The predicted molar refractivity (Wildman–Crippen MR) is 61.0 cm³/mol. The summed E-state index contributed by atoms with van der Waals surface area (Å²) in [5.74, 6) is -0.397. The molecule has 0 aromatic carbocycles. The summed E-state index contributed by atoms with van der Waals surface area (Å²) in [5.41, 5.74) is 0. The third-order valence-electron chi connectivity index (χ3n) is 2.77. The SMILES string of the molecule is CNC(=O)NC(=O)C(C)N1CCNCC1C#N. The Hall–Kier alpha value is -1.65. The van der Waals surface area contributed by atoms with Crippen LogP contribution in [0.2, 0.25) is 0 Å². The molecule has 3 amide bonds. The minimum absolute atomic E-state index is 0.339. The number of carbonyl (C=O) groups excluding carboxylic acids is 2. The molecule has 0 aromatic heterocycles. The molecule has 7 nitrogen and oxygen atoms in total. The van der Waals surface area contributed by atoms with Gasteiger partial charge in [-0.3, -0.25) is 15.0 Å². The molecule has 94 valence electrons. The summed E-state index contributed by atoms with van der Waals surface area (Å²) in [6.07, 6.45) is 0. The number of urea groups is 1. The molecule has 2 atom stereocenters. The van der Waals surface area contributed by atoms with E-state index in [0.29, 0.717) is 13.1 Å². The zero-order valence-electron chi connectivity index (χ0n) is 9.99. The Labute approximate surface area is 100 Å². The van der Waals surface area contributed by atoms with Crippen LogP contribution in [0.1, 0.15) is 6.92 Å². The molecule has 0 spiro atoms. The average Bonchev–Trinajstić information content (AvgIpc) is 2.37. The molecule has 7 heteroatoms. The summed E-state index contributed by atoms with van der Waals surface area (Å²) in [5, 5.41) is 16.6. The molecule has 1 heterocycles. The monoisotopic (exact) mass is 239 g/mol. The van der Waals surface area contributed by atoms with Crippen LogP contribution in [0.5, 0.6) is 0 Å². The van der Waals surface area contributed by atoms with Crippen molar-refractivity contribution in [3.63, 3.8) is 0 Å². The number of imide groups is 1. The molecule has 17 heavy (non-hydrogen) atoms. The van der Waals surface area contributed by atoms with Gasteiger partial charge in [-0.2, -0.15) is 5.26 Å². The van der Waals surface area contributed by atoms with Crippen molar-refractivity contribution >= 4 is 11.9 Å². The highest BCUT2D eigenvalue weighted by Crippen LogP contribution is 2.08. The highest BCUT2D eigenvalue weighted by Gasteiger charge is 2.30. The Morgan fingerprint density at radius 2 is 2.29 bits per heavy atom. The lowest BCUT2D eigenvalue weighted by molar-refractivity contribution is -0.125. The van der Waals surface area contributed by atoms with Gasteiger partial charge in [0.25, 0.3) is 0 Å². The first kappa shape index (κ1) is 13.4. The maximum Gasteiger partial charge on any atom is 0.321 e. The topological polar surface area (TPSA) is 97.3 Å². The zero-order chi connectivity index (χ0) is 12.8. The van der Waals surface area contributed by atoms with Gasteiger partial charge < -0.3 is 10.6 Å². The van der Waals surface area contributed by atoms with Gasteiger partial charge in [-0.15, -0.1) is 0 Å². The number of rotatable bonds is 2. The van der Waals surface area contributed by atoms with Crippen molar-refractivity contribution in [3.8, 4) is 6.07 Å². The molecule has 0 aromatic rings. The van der Waals surface area contributed by atoms with Crippen LogP contribution in [0.25, 0.3) is 0 Å². The van der Waals surface area contributed by atoms with E-state index in [1.807, 2.05) is 0 Å². The Balaban J connectivity index is 2.61. The second-order valence-corrected chi connectivity index (χ2v) is 3.83. The summed E-state index contributed by atoms with van der Waals surface area (Å²) < 4.78 is 0. The first-order valence-corrected chi connectivity index (χ1v) is 5.48. The number of piperazine rings is 1. The van der Waals surface area contributed by atoms with Crippen molar-refractivity contribution in [2.24, 2.45) is 0 Å². The third-order valence-corrected chi connectivity index (χ3v) is 2.77. The number of hydrogen-bond acceptors (Lipinski definition) is 5. The largest absolute Gasteiger partial charge is 0.341 e. The Bertz CT molecular complexity index is 338. The smallest absolute Gasteiger partial charge is 0.321 e. The van der Waals surface area contributed by atoms with Crippen LogP contribution in [0.4, 0.5) is 4.79 Å². The van der Waals surface area contributed by atoms with Crippen LogP contribution in [0.3, 0.4) is 0 Å².